The summed E-state index contributed by atoms with van der Waals surface area (Å²) in [5.41, 5.74) is 2.78. The van der Waals surface area contributed by atoms with E-state index >= 15 is 0 Å². The highest BCUT2D eigenvalue weighted by molar-refractivity contribution is 7.89. The van der Waals surface area contributed by atoms with E-state index in [0.29, 0.717) is 17.7 Å². The quantitative estimate of drug-likeness (QED) is 0.580. The number of sulfonamides is 1. The first-order valence-electron chi connectivity index (χ1n) is 9.49. The van der Waals surface area contributed by atoms with Crippen LogP contribution in [0.25, 0.3) is 0 Å². The molecule has 3 aromatic rings. The average molecular weight is 425 g/mol. The van der Waals surface area contributed by atoms with Gasteiger partial charge in [0.15, 0.2) is 6.61 Å². The second kappa shape index (κ2) is 9.56. The number of amides is 1. The van der Waals surface area contributed by atoms with Crippen molar-refractivity contribution in [3.05, 3.63) is 95.6 Å². The summed E-state index contributed by atoms with van der Waals surface area (Å²) in [5, 5.41) is 7.99. The summed E-state index contributed by atoms with van der Waals surface area (Å²) in [5.74, 6) is 0.346. The minimum atomic E-state index is -3.80. The Labute approximate surface area is 176 Å². The largest absolute Gasteiger partial charge is 0.483 e. The molecule has 0 spiro atoms. The lowest BCUT2D eigenvalue weighted by Crippen LogP contribution is -2.31. The summed E-state index contributed by atoms with van der Waals surface area (Å²) < 4.78 is 28.8. The molecular formula is C23H24N2O4S. The first kappa shape index (κ1) is 21.5. The Bertz CT molecular complexity index is 1110. The minimum absolute atomic E-state index is 0.00666. The summed E-state index contributed by atoms with van der Waals surface area (Å²) in [6, 6.07) is 23.4. The molecule has 156 valence electrons. The van der Waals surface area contributed by atoms with Crippen LogP contribution >= 0.6 is 0 Å². The number of rotatable bonds is 8. The van der Waals surface area contributed by atoms with Gasteiger partial charge in [-0.3, -0.25) is 4.79 Å². The van der Waals surface area contributed by atoms with Crippen molar-refractivity contribution in [2.75, 3.05) is 6.61 Å². The SMILES string of the molecule is CC(NC(=O)COc1ccccc1Cc1ccccc1)c1cccc(S(N)(=O)=O)c1. The number of nitrogens with one attached hydrogen (secondary N) is 1. The number of hydrogen-bond acceptors (Lipinski definition) is 4. The van der Waals surface area contributed by atoms with Crippen LogP contribution in [0.2, 0.25) is 0 Å². The number of primary sulfonamides is 1. The van der Waals surface area contributed by atoms with Crippen molar-refractivity contribution >= 4 is 15.9 Å². The summed E-state index contributed by atoms with van der Waals surface area (Å²) >= 11 is 0. The Morgan fingerprint density at radius 3 is 2.43 bits per heavy atom. The molecule has 3 N–H and O–H groups in total. The lowest BCUT2D eigenvalue weighted by Gasteiger charge is -2.16. The van der Waals surface area contributed by atoms with Crippen LogP contribution in [0.5, 0.6) is 5.75 Å². The lowest BCUT2D eigenvalue weighted by atomic mass is 10.0. The van der Waals surface area contributed by atoms with Crippen LogP contribution < -0.4 is 15.2 Å². The molecule has 0 aliphatic heterocycles. The molecule has 1 atom stereocenters. The van der Waals surface area contributed by atoms with Gasteiger partial charge in [-0.1, -0.05) is 60.7 Å². The van der Waals surface area contributed by atoms with Crippen molar-refractivity contribution in [2.24, 2.45) is 5.14 Å². The Hall–Kier alpha value is -3.16. The zero-order valence-electron chi connectivity index (χ0n) is 16.6. The topological polar surface area (TPSA) is 98.5 Å². The van der Waals surface area contributed by atoms with E-state index in [9.17, 15) is 13.2 Å². The smallest absolute Gasteiger partial charge is 0.258 e. The predicted molar refractivity (Wildman–Crippen MR) is 116 cm³/mol. The first-order valence-corrected chi connectivity index (χ1v) is 11.0. The molecule has 0 saturated heterocycles. The van der Waals surface area contributed by atoms with Gasteiger partial charge in [-0.25, -0.2) is 13.6 Å². The molecule has 3 aromatic carbocycles. The van der Waals surface area contributed by atoms with Crippen LogP contribution in [0.1, 0.15) is 29.7 Å². The standard InChI is InChI=1S/C23H24N2O4S/c1-17(19-11-7-12-21(15-19)30(24,27)28)25-23(26)16-29-22-13-6-5-10-20(22)14-18-8-3-2-4-9-18/h2-13,15,17H,14,16H2,1H3,(H,25,26)(H2,24,27,28). The van der Waals surface area contributed by atoms with Gasteiger partial charge in [0, 0.05) is 6.42 Å². The highest BCUT2D eigenvalue weighted by Gasteiger charge is 2.14. The van der Waals surface area contributed by atoms with Gasteiger partial charge in [0.05, 0.1) is 10.9 Å². The fraction of sp³-hybridized carbons (Fsp3) is 0.174. The van der Waals surface area contributed by atoms with E-state index in [1.807, 2.05) is 54.6 Å². The van der Waals surface area contributed by atoms with Crippen LogP contribution in [-0.2, 0) is 21.2 Å². The fourth-order valence-electron chi connectivity index (χ4n) is 3.08. The van der Waals surface area contributed by atoms with Crippen LogP contribution in [0.15, 0.2) is 83.8 Å². The Balaban J connectivity index is 1.61. The third-order valence-corrected chi connectivity index (χ3v) is 5.54. The molecule has 0 bridgehead atoms. The second-order valence-electron chi connectivity index (χ2n) is 6.97. The number of para-hydroxylation sites is 1. The van der Waals surface area contributed by atoms with E-state index in [4.69, 9.17) is 9.88 Å². The number of carbonyl (C=O) groups is 1. The van der Waals surface area contributed by atoms with Crippen molar-refractivity contribution < 1.29 is 17.9 Å². The van der Waals surface area contributed by atoms with Gasteiger partial charge < -0.3 is 10.1 Å². The van der Waals surface area contributed by atoms with Crippen LogP contribution in [-0.4, -0.2) is 20.9 Å². The number of nitrogens with two attached hydrogens (primary N) is 1. The molecule has 0 radical (unpaired) electrons. The molecule has 0 heterocycles. The van der Waals surface area contributed by atoms with Crippen LogP contribution in [0, 0.1) is 0 Å². The minimum Gasteiger partial charge on any atom is -0.483 e. The number of benzene rings is 3. The maximum absolute atomic E-state index is 12.4. The van der Waals surface area contributed by atoms with Crippen molar-refractivity contribution in [2.45, 2.75) is 24.3 Å². The molecule has 6 nitrogen and oxygen atoms in total. The van der Waals surface area contributed by atoms with E-state index in [1.165, 1.54) is 12.1 Å². The summed E-state index contributed by atoms with van der Waals surface area (Å²) in [6.45, 7) is 1.62. The summed E-state index contributed by atoms with van der Waals surface area (Å²) in [7, 11) is -3.80. The first-order chi connectivity index (χ1) is 14.3. The maximum Gasteiger partial charge on any atom is 0.258 e. The molecule has 0 aliphatic carbocycles. The molecule has 1 amide bonds. The zero-order valence-corrected chi connectivity index (χ0v) is 17.4. The van der Waals surface area contributed by atoms with E-state index in [-0.39, 0.29) is 17.4 Å². The van der Waals surface area contributed by atoms with Crippen molar-refractivity contribution in [1.82, 2.24) is 5.32 Å². The molecule has 30 heavy (non-hydrogen) atoms. The highest BCUT2D eigenvalue weighted by Crippen LogP contribution is 2.22. The van der Waals surface area contributed by atoms with Crippen molar-refractivity contribution in [1.29, 1.82) is 0 Å². The molecule has 0 aromatic heterocycles. The number of ether oxygens (including phenoxy) is 1. The molecule has 3 rings (SSSR count). The average Bonchev–Trinajstić information content (AvgIpc) is 2.73. The molecule has 1 unspecified atom stereocenters. The van der Waals surface area contributed by atoms with Crippen LogP contribution in [0.3, 0.4) is 0 Å². The van der Waals surface area contributed by atoms with E-state index in [1.54, 1.807) is 19.1 Å². The lowest BCUT2D eigenvalue weighted by molar-refractivity contribution is -0.123. The third kappa shape index (κ3) is 5.92. The Morgan fingerprint density at radius 1 is 1.00 bits per heavy atom. The van der Waals surface area contributed by atoms with Gasteiger partial charge in [0.2, 0.25) is 10.0 Å². The molecule has 0 saturated carbocycles. The number of carbonyl (C=O) groups excluding carboxylic acids is 1. The molecule has 0 aliphatic rings. The van der Waals surface area contributed by atoms with Gasteiger partial charge >= 0.3 is 0 Å². The number of hydrogen-bond donors (Lipinski definition) is 2. The van der Waals surface area contributed by atoms with Crippen molar-refractivity contribution in [3.8, 4) is 5.75 Å². The summed E-state index contributed by atoms with van der Waals surface area (Å²) in [4.78, 5) is 12.4. The summed E-state index contributed by atoms with van der Waals surface area (Å²) in [6.07, 6.45) is 0.704. The van der Waals surface area contributed by atoms with Gasteiger partial charge in [0.1, 0.15) is 5.75 Å². The van der Waals surface area contributed by atoms with Crippen LogP contribution in [0.4, 0.5) is 0 Å². The predicted octanol–water partition coefficient (Wildman–Crippen LogP) is 3.18. The maximum atomic E-state index is 12.4. The van der Waals surface area contributed by atoms with E-state index < -0.39 is 16.1 Å². The molecular weight excluding hydrogens is 400 g/mol. The van der Waals surface area contributed by atoms with Gasteiger partial charge in [-0.15, -0.1) is 0 Å². The third-order valence-electron chi connectivity index (χ3n) is 4.63. The zero-order chi connectivity index (χ0) is 21.6. The second-order valence-corrected chi connectivity index (χ2v) is 8.53. The Morgan fingerprint density at radius 2 is 1.70 bits per heavy atom. The van der Waals surface area contributed by atoms with Gasteiger partial charge in [0.25, 0.3) is 5.91 Å². The normalized spacial score (nSPS) is 12.2. The highest BCUT2D eigenvalue weighted by atomic mass is 32.2. The fourth-order valence-corrected chi connectivity index (χ4v) is 3.65. The monoisotopic (exact) mass is 424 g/mol. The van der Waals surface area contributed by atoms with Gasteiger partial charge in [-0.2, -0.15) is 0 Å². The molecule has 7 heteroatoms. The van der Waals surface area contributed by atoms with Crippen molar-refractivity contribution in [3.63, 3.8) is 0 Å². The Kier molecular flexibility index (Phi) is 6.87. The van der Waals surface area contributed by atoms with E-state index in [0.717, 1.165) is 11.1 Å². The van der Waals surface area contributed by atoms with E-state index in [2.05, 4.69) is 5.32 Å². The van der Waals surface area contributed by atoms with Gasteiger partial charge in [-0.05, 0) is 41.8 Å². The molecule has 0 fully saturated rings.